The number of nitrogens with one attached hydrogen (secondary N) is 1. The SMILES string of the molecule is CSc1ncc(CO)c(NCc2cccnc2)n1. The third-order valence-electron chi connectivity index (χ3n) is 2.38. The lowest BCUT2D eigenvalue weighted by atomic mass is 10.2. The molecule has 0 radical (unpaired) electrons. The number of rotatable bonds is 5. The minimum Gasteiger partial charge on any atom is -0.391 e. The smallest absolute Gasteiger partial charge is 0.189 e. The van der Waals surface area contributed by atoms with E-state index in [1.807, 2.05) is 18.4 Å². The van der Waals surface area contributed by atoms with Gasteiger partial charge in [-0.25, -0.2) is 9.97 Å². The third-order valence-corrected chi connectivity index (χ3v) is 2.94. The van der Waals surface area contributed by atoms with E-state index in [0.29, 0.717) is 23.1 Å². The summed E-state index contributed by atoms with van der Waals surface area (Å²) in [4.78, 5) is 12.5. The molecule has 0 atom stereocenters. The molecule has 2 aromatic rings. The van der Waals surface area contributed by atoms with Crippen molar-refractivity contribution in [1.29, 1.82) is 0 Å². The van der Waals surface area contributed by atoms with Gasteiger partial charge in [-0.05, 0) is 17.9 Å². The highest BCUT2D eigenvalue weighted by Crippen LogP contribution is 2.17. The van der Waals surface area contributed by atoms with Crippen molar-refractivity contribution in [1.82, 2.24) is 15.0 Å². The van der Waals surface area contributed by atoms with Crippen LogP contribution in [0.25, 0.3) is 0 Å². The maximum atomic E-state index is 9.24. The number of pyridine rings is 1. The summed E-state index contributed by atoms with van der Waals surface area (Å²) in [6.07, 6.45) is 7.09. The van der Waals surface area contributed by atoms with Crippen LogP contribution < -0.4 is 5.32 Å². The number of hydrogen-bond acceptors (Lipinski definition) is 6. The van der Waals surface area contributed by atoms with Gasteiger partial charge in [-0.15, -0.1) is 0 Å². The Morgan fingerprint density at radius 2 is 2.28 bits per heavy atom. The fourth-order valence-electron chi connectivity index (χ4n) is 1.45. The van der Waals surface area contributed by atoms with E-state index in [-0.39, 0.29) is 6.61 Å². The van der Waals surface area contributed by atoms with Crippen molar-refractivity contribution >= 4 is 17.6 Å². The van der Waals surface area contributed by atoms with Gasteiger partial charge in [0.15, 0.2) is 5.16 Å². The van der Waals surface area contributed by atoms with Crippen LogP contribution in [-0.2, 0) is 13.2 Å². The number of aromatic nitrogens is 3. The van der Waals surface area contributed by atoms with E-state index in [4.69, 9.17) is 0 Å². The zero-order valence-corrected chi connectivity index (χ0v) is 10.8. The fourth-order valence-corrected chi connectivity index (χ4v) is 1.79. The fraction of sp³-hybridized carbons (Fsp3) is 0.250. The van der Waals surface area contributed by atoms with Gasteiger partial charge in [0, 0.05) is 30.7 Å². The molecule has 94 valence electrons. The van der Waals surface area contributed by atoms with Gasteiger partial charge in [-0.3, -0.25) is 4.98 Å². The second-order valence-electron chi connectivity index (χ2n) is 3.60. The number of aliphatic hydroxyl groups is 1. The molecule has 0 saturated heterocycles. The van der Waals surface area contributed by atoms with E-state index in [2.05, 4.69) is 20.3 Å². The minimum absolute atomic E-state index is 0.0793. The Labute approximate surface area is 110 Å². The molecule has 2 N–H and O–H groups in total. The first kappa shape index (κ1) is 12.8. The van der Waals surface area contributed by atoms with Crippen LogP contribution in [0, 0.1) is 0 Å². The number of thioether (sulfide) groups is 1. The van der Waals surface area contributed by atoms with Gasteiger partial charge in [-0.1, -0.05) is 17.8 Å². The highest BCUT2D eigenvalue weighted by atomic mass is 32.2. The molecule has 0 bridgehead atoms. The summed E-state index contributed by atoms with van der Waals surface area (Å²) in [5.74, 6) is 0.667. The van der Waals surface area contributed by atoms with Gasteiger partial charge >= 0.3 is 0 Å². The third kappa shape index (κ3) is 3.18. The highest BCUT2D eigenvalue weighted by Gasteiger charge is 2.05. The monoisotopic (exact) mass is 262 g/mol. The first-order chi connectivity index (χ1) is 8.83. The lowest BCUT2D eigenvalue weighted by Crippen LogP contribution is -2.06. The number of hydrogen-bond donors (Lipinski definition) is 2. The molecule has 2 heterocycles. The molecule has 2 rings (SSSR count). The molecule has 0 aliphatic heterocycles. The molecule has 0 saturated carbocycles. The maximum Gasteiger partial charge on any atom is 0.189 e. The first-order valence-electron chi connectivity index (χ1n) is 5.47. The normalized spacial score (nSPS) is 10.3. The molecular weight excluding hydrogens is 248 g/mol. The molecule has 0 fully saturated rings. The van der Waals surface area contributed by atoms with Gasteiger partial charge in [0.25, 0.3) is 0 Å². The van der Waals surface area contributed by atoms with Crippen LogP contribution >= 0.6 is 11.8 Å². The molecule has 18 heavy (non-hydrogen) atoms. The molecular formula is C12H14N4OS. The van der Waals surface area contributed by atoms with E-state index in [9.17, 15) is 5.11 Å². The van der Waals surface area contributed by atoms with Crippen LogP contribution in [0.15, 0.2) is 35.9 Å². The Morgan fingerprint density at radius 1 is 1.39 bits per heavy atom. The predicted molar refractivity (Wildman–Crippen MR) is 71.3 cm³/mol. The summed E-state index contributed by atoms with van der Waals surface area (Å²) < 4.78 is 0. The summed E-state index contributed by atoms with van der Waals surface area (Å²) >= 11 is 1.47. The quantitative estimate of drug-likeness (QED) is 0.631. The van der Waals surface area contributed by atoms with Gasteiger partial charge in [-0.2, -0.15) is 0 Å². The van der Waals surface area contributed by atoms with Crippen LogP contribution in [-0.4, -0.2) is 26.3 Å². The zero-order valence-electron chi connectivity index (χ0n) is 10.00. The van der Waals surface area contributed by atoms with Crippen LogP contribution in [0.3, 0.4) is 0 Å². The highest BCUT2D eigenvalue weighted by molar-refractivity contribution is 7.98. The predicted octanol–water partition coefficient (Wildman–Crippen LogP) is 1.70. The average Bonchev–Trinajstić information content (AvgIpc) is 2.45. The molecule has 2 aromatic heterocycles. The van der Waals surface area contributed by atoms with Gasteiger partial charge < -0.3 is 10.4 Å². The van der Waals surface area contributed by atoms with Crippen molar-refractivity contribution in [3.05, 3.63) is 41.9 Å². The summed E-state index contributed by atoms with van der Waals surface area (Å²) in [5.41, 5.74) is 1.75. The Bertz CT molecular complexity index is 507. The zero-order chi connectivity index (χ0) is 12.8. The van der Waals surface area contributed by atoms with Crippen LogP contribution in [0.1, 0.15) is 11.1 Å². The molecule has 0 aliphatic rings. The Morgan fingerprint density at radius 3 is 2.94 bits per heavy atom. The molecule has 6 heteroatoms. The van der Waals surface area contributed by atoms with E-state index < -0.39 is 0 Å². The molecule has 0 unspecified atom stereocenters. The standard InChI is InChI=1S/C12H14N4OS/c1-18-12-15-7-10(8-17)11(16-12)14-6-9-3-2-4-13-5-9/h2-5,7,17H,6,8H2,1H3,(H,14,15,16). The van der Waals surface area contributed by atoms with Crippen LogP contribution in [0.5, 0.6) is 0 Å². The van der Waals surface area contributed by atoms with E-state index in [0.717, 1.165) is 5.56 Å². The number of aliphatic hydroxyl groups excluding tert-OH is 1. The maximum absolute atomic E-state index is 9.24. The number of anilines is 1. The molecule has 0 aromatic carbocycles. The van der Waals surface area contributed by atoms with E-state index >= 15 is 0 Å². The van der Waals surface area contributed by atoms with Crippen LogP contribution in [0.2, 0.25) is 0 Å². The molecule has 5 nitrogen and oxygen atoms in total. The first-order valence-corrected chi connectivity index (χ1v) is 6.69. The Balaban J connectivity index is 2.12. The Hall–Kier alpha value is -1.66. The van der Waals surface area contributed by atoms with Crippen molar-refractivity contribution < 1.29 is 5.11 Å². The van der Waals surface area contributed by atoms with Gasteiger partial charge in [0.05, 0.1) is 6.61 Å². The summed E-state index contributed by atoms with van der Waals surface area (Å²) in [6, 6.07) is 3.87. The molecule has 0 aliphatic carbocycles. The summed E-state index contributed by atoms with van der Waals surface area (Å²) in [5, 5.41) is 13.1. The van der Waals surface area contributed by atoms with Crippen LogP contribution in [0.4, 0.5) is 5.82 Å². The Kier molecular flexibility index (Phi) is 4.49. The van der Waals surface area contributed by atoms with Gasteiger partial charge in [0.2, 0.25) is 0 Å². The second-order valence-corrected chi connectivity index (χ2v) is 4.38. The topological polar surface area (TPSA) is 70.9 Å². The van der Waals surface area contributed by atoms with Gasteiger partial charge in [0.1, 0.15) is 5.82 Å². The number of nitrogens with zero attached hydrogens (tertiary/aromatic N) is 3. The molecule has 0 spiro atoms. The van der Waals surface area contributed by atoms with E-state index in [1.54, 1.807) is 18.6 Å². The van der Waals surface area contributed by atoms with Crippen molar-refractivity contribution in [2.45, 2.75) is 18.3 Å². The largest absolute Gasteiger partial charge is 0.391 e. The summed E-state index contributed by atoms with van der Waals surface area (Å²) in [7, 11) is 0. The van der Waals surface area contributed by atoms with Crippen molar-refractivity contribution in [2.24, 2.45) is 0 Å². The van der Waals surface area contributed by atoms with Crippen molar-refractivity contribution in [3.8, 4) is 0 Å². The van der Waals surface area contributed by atoms with Crippen molar-refractivity contribution in [3.63, 3.8) is 0 Å². The minimum atomic E-state index is -0.0793. The second kappa shape index (κ2) is 6.32. The average molecular weight is 262 g/mol. The summed E-state index contributed by atoms with van der Waals surface area (Å²) in [6.45, 7) is 0.537. The lowest BCUT2D eigenvalue weighted by Gasteiger charge is -2.10. The molecule has 0 amide bonds. The van der Waals surface area contributed by atoms with E-state index in [1.165, 1.54) is 11.8 Å². The lowest BCUT2D eigenvalue weighted by molar-refractivity contribution is 0.281. The van der Waals surface area contributed by atoms with Crippen molar-refractivity contribution in [2.75, 3.05) is 11.6 Å².